The molecule has 3 aromatic rings. The predicted molar refractivity (Wildman–Crippen MR) is 95.3 cm³/mol. The summed E-state index contributed by atoms with van der Waals surface area (Å²) in [6.07, 6.45) is 11.0. The minimum absolute atomic E-state index is 0.122. The van der Waals surface area contributed by atoms with Gasteiger partial charge in [-0.3, -0.25) is 4.79 Å². The van der Waals surface area contributed by atoms with Crippen LogP contribution in [0.5, 0.6) is 0 Å². The van der Waals surface area contributed by atoms with Crippen LogP contribution in [0.3, 0.4) is 0 Å². The van der Waals surface area contributed by atoms with Gasteiger partial charge in [0.15, 0.2) is 11.3 Å². The lowest BCUT2D eigenvalue weighted by Crippen LogP contribution is -2.23. The zero-order valence-electron chi connectivity index (χ0n) is 13.6. The van der Waals surface area contributed by atoms with Gasteiger partial charge in [0, 0.05) is 24.7 Å². The van der Waals surface area contributed by atoms with Crippen LogP contribution >= 0.6 is 0 Å². The number of nitrogens with zero attached hydrogens (tertiary/aromatic N) is 4. The summed E-state index contributed by atoms with van der Waals surface area (Å²) >= 11 is 0. The first-order valence-corrected chi connectivity index (χ1v) is 8.26. The third kappa shape index (κ3) is 3.41. The summed E-state index contributed by atoms with van der Waals surface area (Å²) in [5, 5.41) is 11.6. The van der Waals surface area contributed by atoms with Crippen LogP contribution in [0.15, 0.2) is 53.4 Å². The Labute approximate surface area is 144 Å². The highest BCUT2D eigenvalue weighted by Crippen LogP contribution is 2.14. The van der Waals surface area contributed by atoms with Crippen molar-refractivity contribution in [2.75, 3.05) is 13.1 Å². The Kier molecular flexibility index (Phi) is 4.22. The molecule has 3 aromatic heterocycles. The fourth-order valence-electron chi connectivity index (χ4n) is 2.85. The molecule has 4 rings (SSSR count). The third-order valence-electron chi connectivity index (χ3n) is 4.21. The Balaban J connectivity index is 1.59. The Morgan fingerprint density at radius 3 is 2.60 bits per heavy atom. The summed E-state index contributed by atoms with van der Waals surface area (Å²) < 4.78 is 1.84. The second-order valence-corrected chi connectivity index (χ2v) is 5.94. The van der Waals surface area contributed by atoms with E-state index in [1.807, 2.05) is 35.2 Å². The van der Waals surface area contributed by atoms with E-state index in [-0.39, 0.29) is 5.43 Å². The molecule has 0 amide bonds. The SMILES string of the molecule is O=c1cc(-n2cccc2)[nH]cc1-c1cnc(C=C2CCNCC2)nn1. The van der Waals surface area contributed by atoms with E-state index < -0.39 is 0 Å². The molecule has 0 bridgehead atoms. The molecule has 0 spiro atoms. The number of aromatic nitrogens is 5. The summed E-state index contributed by atoms with van der Waals surface area (Å²) in [5.74, 6) is 1.29. The lowest BCUT2D eigenvalue weighted by molar-refractivity contribution is 0.613. The number of nitrogens with one attached hydrogen (secondary N) is 2. The molecule has 0 atom stereocenters. The predicted octanol–water partition coefficient (Wildman–Crippen LogP) is 1.78. The molecule has 1 aliphatic rings. The zero-order valence-corrected chi connectivity index (χ0v) is 13.6. The molecule has 0 aliphatic carbocycles. The minimum Gasteiger partial charge on any atom is -0.347 e. The topological polar surface area (TPSA) is 88.5 Å². The van der Waals surface area contributed by atoms with Crippen LogP contribution < -0.4 is 10.7 Å². The number of aromatic amines is 1. The van der Waals surface area contributed by atoms with Crippen molar-refractivity contribution in [1.82, 2.24) is 30.0 Å². The van der Waals surface area contributed by atoms with Crippen molar-refractivity contribution in [2.45, 2.75) is 12.8 Å². The lowest BCUT2D eigenvalue weighted by Gasteiger charge is -2.14. The summed E-state index contributed by atoms with van der Waals surface area (Å²) in [6, 6.07) is 5.34. The van der Waals surface area contributed by atoms with Crippen LogP contribution in [0.1, 0.15) is 18.7 Å². The molecule has 0 aromatic carbocycles. The zero-order chi connectivity index (χ0) is 17.1. The maximum atomic E-state index is 12.4. The maximum Gasteiger partial charge on any atom is 0.193 e. The Morgan fingerprint density at radius 1 is 1.12 bits per heavy atom. The van der Waals surface area contributed by atoms with Gasteiger partial charge in [-0.05, 0) is 44.1 Å². The molecule has 1 aliphatic heterocycles. The van der Waals surface area contributed by atoms with E-state index in [1.54, 1.807) is 18.5 Å². The number of hydrogen-bond donors (Lipinski definition) is 2. The van der Waals surface area contributed by atoms with E-state index >= 15 is 0 Å². The van der Waals surface area contributed by atoms with Gasteiger partial charge < -0.3 is 14.9 Å². The van der Waals surface area contributed by atoms with E-state index in [1.165, 1.54) is 5.57 Å². The first-order valence-electron chi connectivity index (χ1n) is 8.26. The van der Waals surface area contributed by atoms with Crippen LogP contribution in [0.4, 0.5) is 0 Å². The highest BCUT2D eigenvalue weighted by Gasteiger charge is 2.09. The first kappa shape index (κ1) is 15.5. The van der Waals surface area contributed by atoms with E-state index in [0.29, 0.717) is 22.9 Å². The molecule has 25 heavy (non-hydrogen) atoms. The van der Waals surface area contributed by atoms with Crippen LogP contribution in [0.25, 0.3) is 23.2 Å². The molecule has 4 heterocycles. The average Bonchev–Trinajstić information content (AvgIpc) is 3.18. The van der Waals surface area contributed by atoms with Crippen LogP contribution in [0.2, 0.25) is 0 Å². The molecule has 0 unspecified atom stereocenters. The lowest BCUT2D eigenvalue weighted by atomic mass is 10.1. The van der Waals surface area contributed by atoms with E-state index in [4.69, 9.17) is 0 Å². The highest BCUT2D eigenvalue weighted by molar-refractivity contribution is 5.57. The molecule has 0 radical (unpaired) electrons. The van der Waals surface area contributed by atoms with Gasteiger partial charge in [-0.1, -0.05) is 5.57 Å². The highest BCUT2D eigenvalue weighted by atomic mass is 16.1. The number of pyridine rings is 1. The molecular formula is C18H18N6O. The van der Waals surface area contributed by atoms with E-state index in [9.17, 15) is 4.79 Å². The van der Waals surface area contributed by atoms with Gasteiger partial charge in [-0.15, -0.1) is 10.2 Å². The summed E-state index contributed by atoms with van der Waals surface area (Å²) in [6.45, 7) is 1.97. The molecule has 0 saturated carbocycles. The van der Waals surface area contributed by atoms with Gasteiger partial charge in [0.1, 0.15) is 11.5 Å². The van der Waals surface area contributed by atoms with Crippen molar-refractivity contribution in [3.05, 3.63) is 64.6 Å². The molecule has 1 fully saturated rings. The Hall–Kier alpha value is -3.06. The number of H-pyrrole nitrogens is 1. The molecule has 126 valence electrons. The maximum absolute atomic E-state index is 12.4. The fraction of sp³-hybridized carbons (Fsp3) is 0.222. The molecule has 2 N–H and O–H groups in total. The average molecular weight is 334 g/mol. The van der Waals surface area contributed by atoms with Crippen molar-refractivity contribution in [2.24, 2.45) is 0 Å². The van der Waals surface area contributed by atoms with E-state index in [0.717, 1.165) is 25.9 Å². The second-order valence-electron chi connectivity index (χ2n) is 5.94. The molecular weight excluding hydrogens is 316 g/mol. The van der Waals surface area contributed by atoms with Crippen molar-refractivity contribution in [3.63, 3.8) is 0 Å². The molecule has 1 saturated heterocycles. The Bertz CT molecular complexity index is 932. The largest absolute Gasteiger partial charge is 0.347 e. The standard InChI is InChI=1S/C18H18N6O/c25-16-10-18(24-7-1-2-8-24)21-11-14(16)15-12-20-17(23-22-15)9-13-3-5-19-6-4-13/h1-2,7-12,19H,3-6H2,(H,21,25). The van der Waals surface area contributed by atoms with Gasteiger partial charge in [0.25, 0.3) is 0 Å². The number of rotatable bonds is 3. The van der Waals surface area contributed by atoms with Gasteiger partial charge in [-0.25, -0.2) is 4.98 Å². The smallest absolute Gasteiger partial charge is 0.193 e. The van der Waals surface area contributed by atoms with Crippen LogP contribution in [-0.2, 0) is 0 Å². The normalized spacial score (nSPS) is 14.5. The summed E-state index contributed by atoms with van der Waals surface area (Å²) in [4.78, 5) is 19.8. The van der Waals surface area contributed by atoms with Gasteiger partial charge in [0.05, 0.1) is 11.8 Å². The van der Waals surface area contributed by atoms with Crippen molar-refractivity contribution in [1.29, 1.82) is 0 Å². The third-order valence-corrected chi connectivity index (χ3v) is 4.21. The van der Waals surface area contributed by atoms with Crippen LogP contribution in [0, 0.1) is 0 Å². The van der Waals surface area contributed by atoms with Crippen molar-refractivity contribution < 1.29 is 0 Å². The Morgan fingerprint density at radius 2 is 1.92 bits per heavy atom. The minimum atomic E-state index is -0.122. The first-order chi connectivity index (χ1) is 12.3. The molecule has 7 heteroatoms. The summed E-state index contributed by atoms with van der Waals surface area (Å²) in [7, 11) is 0. The monoisotopic (exact) mass is 334 g/mol. The van der Waals surface area contributed by atoms with Crippen molar-refractivity contribution >= 4 is 6.08 Å². The quantitative estimate of drug-likeness (QED) is 0.762. The number of piperidine rings is 1. The molecule has 7 nitrogen and oxygen atoms in total. The fourth-order valence-corrected chi connectivity index (χ4v) is 2.85. The van der Waals surface area contributed by atoms with Crippen molar-refractivity contribution in [3.8, 4) is 17.1 Å². The van der Waals surface area contributed by atoms with Gasteiger partial charge in [-0.2, -0.15) is 0 Å². The van der Waals surface area contributed by atoms with Gasteiger partial charge in [0.2, 0.25) is 0 Å². The summed E-state index contributed by atoms with van der Waals surface area (Å²) in [5.41, 5.74) is 2.12. The van der Waals surface area contributed by atoms with E-state index in [2.05, 4.69) is 25.5 Å². The van der Waals surface area contributed by atoms with Crippen LogP contribution in [-0.4, -0.2) is 37.8 Å². The van der Waals surface area contributed by atoms with Gasteiger partial charge >= 0.3 is 0 Å². The number of hydrogen-bond acceptors (Lipinski definition) is 5. The second kappa shape index (κ2) is 6.82.